The topological polar surface area (TPSA) is 82.5 Å². The average molecular weight is 373 g/mol. The molecule has 0 bridgehead atoms. The van der Waals surface area contributed by atoms with Gasteiger partial charge in [-0.25, -0.2) is 4.79 Å². The first kappa shape index (κ1) is 17.9. The van der Waals surface area contributed by atoms with Crippen molar-refractivity contribution in [3.05, 3.63) is 47.0 Å². The zero-order valence-corrected chi connectivity index (χ0v) is 15.3. The molecule has 0 atom stereocenters. The largest absolute Gasteiger partial charge is 0.492 e. The van der Waals surface area contributed by atoms with Gasteiger partial charge in [0, 0.05) is 12.4 Å². The van der Waals surface area contributed by atoms with Gasteiger partial charge in [-0.3, -0.25) is 9.48 Å². The molecule has 7 nitrogen and oxygen atoms in total. The lowest BCUT2D eigenvalue weighted by atomic mass is 10.3. The molecule has 0 spiro atoms. The molecule has 1 N–H and O–H groups in total. The van der Waals surface area contributed by atoms with Gasteiger partial charge >= 0.3 is 5.97 Å². The number of ether oxygens (including phenoxy) is 2. The van der Waals surface area contributed by atoms with Crippen LogP contribution in [0.15, 0.2) is 36.4 Å². The summed E-state index contributed by atoms with van der Waals surface area (Å²) in [6.45, 7) is 2.23. The molecule has 2 aromatic heterocycles. The van der Waals surface area contributed by atoms with Crippen LogP contribution in [0.5, 0.6) is 5.75 Å². The Bertz CT molecular complexity index is 883. The van der Waals surface area contributed by atoms with Crippen LogP contribution in [0.1, 0.15) is 15.4 Å². The van der Waals surface area contributed by atoms with Crippen LogP contribution in [-0.4, -0.2) is 41.4 Å². The van der Waals surface area contributed by atoms with Gasteiger partial charge in [-0.2, -0.15) is 5.10 Å². The number of para-hydroxylation sites is 1. The van der Waals surface area contributed by atoms with E-state index in [1.807, 2.05) is 44.3 Å². The van der Waals surface area contributed by atoms with Gasteiger partial charge in [0.05, 0.1) is 12.2 Å². The summed E-state index contributed by atoms with van der Waals surface area (Å²) in [6, 6.07) is 11.1. The number of carbonyl (C=O) groups excluding carboxylic acids is 2. The fraction of sp³-hybridized carbons (Fsp3) is 0.278. The minimum absolute atomic E-state index is 0.324. The Morgan fingerprint density at radius 2 is 2.04 bits per heavy atom. The molecule has 2 heterocycles. The minimum Gasteiger partial charge on any atom is -0.492 e. The van der Waals surface area contributed by atoms with Crippen molar-refractivity contribution >= 4 is 33.4 Å². The summed E-state index contributed by atoms with van der Waals surface area (Å²) in [5, 5.41) is 7.86. The first-order valence-electron chi connectivity index (χ1n) is 8.09. The molecule has 0 aliphatic rings. The maximum Gasteiger partial charge on any atom is 0.348 e. The van der Waals surface area contributed by atoms with Crippen LogP contribution in [0.3, 0.4) is 0 Å². The standard InChI is InChI=1S/C18H19N3O4S/c1-12-14-10-15(26-17(14)21(2)20-12)18(23)25-11-16(22)19-8-9-24-13-6-4-3-5-7-13/h3-7,10H,8-9,11H2,1-2H3,(H,19,22). The summed E-state index contributed by atoms with van der Waals surface area (Å²) in [5.74, 6) is -0.141. The van der Waals surface area contributed by atoms with Crippen molar-refractivity contribution in [1.82, 2.24) is 15.1 Å². The quantitative estimate of drug-likeness (QED) is 0.508. The van der Waals surface area contributed by atoms with Crippen LogP contribution in [0.2, 0.25) is 0 Å². The average Bonchev–Trinajstić information content (AvgIpc) is 3.19. The lowest BCUT2D eigenvalue weighted by molar-refractivity contribution is -0.124. The van der Waals surface area contributed by atoms with Crippen LogP contribution >= 0.6 is 11.3 Å². The van der Waals surface area contributed by atoms with Gasteiger partial charge in [0.1, 0.15) is 22.1 Å². The van der Waals surface area contributed by atoms with E-state index in [1.54, 1.807) is 10.7 Å². The second kappa shape index (κ2) is 8.01. The number of fused-ring (bicyclic) bond motifs is 1. The van der Waals surface area contributed by atoms with Crippen LogP contribution in [-0.2, 0) is 16.6 Å². The van der Waals surface area contributed by atoms with E-state index < -0.39 is 5.97 Å². The highest BCUT2D eigenvalue weighted by molar-refractivity contribution is 7.20. The van der Waals surface area contributed by atoms with Crippen LogP contribution in [0.25, 0.3) is 10.2 Å². The summed E-state index contributed by atoms with van der Waals surface area (Å²) in [4.78, 5) is 25.2. The zero-order chi connectivity index (χ0) is 18.5. The second-order valence-electron chi connectivity index (χ2n) is 5.63. The molecule has 3 aromatic rings. The van der Waals surface area contributed by atoms with Crippen LogP contribution < -0.4 is 10.1 Å². The highest BCUT2D eigenvalue weighted by Crippen LogP contribution is 2.27. The summed E-state index contributed by atoms with van der Waals surface area (Å²) < 4.78 is 12.3. The number of aryl methyl sites for hydroxylation is 2. The number of nitrogens with zero attached hydrogens (tertiary/aromatic N) is 2. The molecular weight excluding hydrogens is 354 g/mol. The Morgan fingerprint density at radius 1 is 1.27 bits per heavy atom. The molecule has 8 heteroatoms. The van der Waals surface area contributed by atoms with Crippen LogP contribution in [0, 0.1) is 6.92 Å². The van der Waals surface area contributed by atoms with E-state index in [0.717, 1.165) is 21.7 Å². The van der Waals surface area contributed by atoms with Gasteiger partial charge in [-0.15, -0.1) is 11.3 Å². The number of aromatic nitrogens is 2. The number of hydrogen-bond acceptors (Lipinski definition) is 6. The molecule has 0 fully saturated rings. The lowest BCUT2D eigenvalue weighted by Crippen LogP contribution is -2.32. The van der Waals surface area contributed by atoms with E-state index in [4.69, 9.17) is 9.47 Å². The predicted octanol–water partition coefficient (Wildman–Crippen LogP) is 2.30. The van der Waals surface area contributed by atoms with Gasteiger partial charge in [-0.05, 0) is 25.1 Å². The summed E-state index contributed by atoms with van der Waals surface area (Å²) >= 11 is 1.30. The Kier molecular flexibility index (Phi) is 5.52. The van der Waals surface area contributed by atoms with Crippen molar-refractivity contribution in [1.29, 1.82) is 0 Å². The molecule has 0 unspecified atom stereocenters. The minimum atomic E-state index is -0.513. The Labute approximate surface area is 154 Å². The SMILES string of the molecule is Cc1nn(C)c2sc(C(=O)OCC(=O)NCCOc3ccccc3)cc12. The molecule has 26 heavy (non-hydrogen) atoms. The van der Waals surface area contributed by atoms with Crippen molar-refractivity contribution < 1.29 is 19.1 Å². The van der Waals surface area contributed by atoms with Gasteiger partial charge in [0.2, 0.25) is 0 Å². The lowest BCUT2D eigenvalue weighted by Gasteiger charge is -2.07. The number of benzene rings is 1. The van der Waals surface area contributed by atoms with Crippen molar-refractivity contribution in [2.24, 2.45) is 7.05 Å². The van der Waals surface area contributed by atoms with E-state index in [0.29, 0.717) is 18.0 Å². The first-order chi connectivity index (χ1) is 12.5. The number of thiophene rings is 1. The molecular formula is C18H19N3O4S. The molecule has 0 saturated carbocycles. The fourth-order valence-corrected chi connectivity index (χ4v) is 3.45. The van der Waals surface area contributed by atoms with Gasteiger partial charge in [0.15, 0.2) is 6.61 Å². The first-order valence-corrected chi connectivity index (χ1v) is 8.91. The Morgan fingerprint density at radius 3 is 2.77 bits per heavy atom. The number of amides is 1. The maximum absolute atomic E-state index is 12.1. The normalized spacial score (nSPS) is 10.7. The third kappa shape index (κ3) is 4.20. The van der Waals surface area contributed by atoms with E-state index in [2.05, 4.69) is 10.4 Å². The summed E-state index contributed by atoms with van der Waals surface area (Å²) in [6.07, 6.45) is 0. The molecule has 1 amide bonds. The second-order valence-corrected chi connectivity index (χ2v) is 6.66. The molecule has 0 radical (unpaired) electrons. The number of hydrogen-bond donors (Lipinski definition) is 1. The van der Waals surface area contributed by atoms with Crippen molar-refractivity contribution in [3.8, 4) is 5.75 Å². The number of nitrogens with one attached hydrogen (secondary N) is 1. The van der Waals surface area contributed by atoms with E-state index in [9.17, 15) is 9.59 Å². The van der Waals surface area contributed by atoms with Gasteiger partial charge in [-0.1, -0.05) is 18.2 Å². The molecule has 0 aliphatic heterocycles. The summed E-state index contributed by atoms with van der Waals surface area (Å²) in [5.41, 5.74) is 0.856. The maximum atomic E-state index is 12.1. The van der Waals surface area contributed by atoms with Crippen molar-refractivity contribution in [3.63, 3.8) is 0 Å². The molecule has 0 saturated heterocycles. The van der Waals surface area contributed by atoms with Gasteiger partial charge in [0.25, 0.3) is 5.91 Å². The third-order valence-electron chi connectivity index (χ3n) is 3.67. The van der Waals surface area contributed by atoms with Crippen molar-refractivity contribution in [2.75, 3.05) is 19.8 Å². The number of rotatable bonds is 7. The molecule has 1 aromatic carbocycles. The molecule has 136 valence electrons. The number of esters is 1. The monoisotopic (exact) mass is 373 g/mol. The number of carbonyl (C=O) groups is 2. The zero-order valence-electron chi connectivity index (χ0n) is 14.5. The highest BCUT2D eigenvalue weighted by atomic mass is 32.1. The van der Waals surface area contributed by atoms with Crippen LogP contribution in [0.4, 0.5) is 0 Å². The molecule has 0 aliphatic carbocycles. The summed E-state index contributed by atoms with van der Waals surface area (Å²) in [7, 11) is 1.83. The van der Waals surface area contributed by atoms with E-state index in [1.165, 1.54) is 11.3 Å². The van der Waals surface area contributed by atoms with E-state index in [-0.39, 0.29) is 12.5 Å². The van der Waals surface area contributed by atoms with Gasteiger partial charge < -0.3 is 14.8 Å². The molecule has 3 rings (SSSR count). The third-order valence-corrected chi connectivity index (χ3v) is 4.85. The van der Waals surface area contributed by atoms with E-state index >= 15 is 0 Å². The smallest absolute Gasteiger partial charge is 0.348 e. The predicted molar refractivity (Wildman–Crippen MR) is 98.6 cm³/mol. The Balaban J connectivity index is 1.42. The highest BCUT2D eigenvalue weighted by Gasteiger charge is 2.17. The Hall–Kier alpha value is -2.87. The van der Waals surface area contributed by atoms with Crippen molar-refractivity contribution in [2.45, 2.75) is 6.92 Å². The fourth-order valence-electron chi connectivity index (χ4n) is 2.44.